The Bertz CT molecular complexity index is 715. The fraction of sp³-hybridized carbons (Fsp3) is 0.316. The Morgan fingerprint density at radius 2 is 1.76 bits per heavy atom. The second kappa shape index (κ2) is 8.61. The summed E-state index contributed by atoms with van der Waals surface area (Å²) in [5.41, 5.74) is 2.16. The van der Waals surface area contributed by atoms with Crippen molar-refractivity contribution in [3.05, 3.63) is 70.5 Å². The van der Waals surface area contributed by atoms with Crippen molar-refractivity contribution < 1.29 is 4.39 Å². The molecular weight excluding hydrogens is 357 g/mol. The summed E-state index contributed by atoms with van der Waals surface area (Å²) in [6.07, 6.45) is 0. The minimum Gasteiger partial charge on any atom is -0.358 e. The summed E-state index contributed by atoms with van der Waals surface area (Å²) in [6, 6.07) is 14.6. The van der Waals surface area contributed by atoms with Crippen LogP contribution in [0.2, 0.25) is 5.02 Å². The normalized spacial score (nSPS) is 15.2. The summed E-state index contributed by atoms with van der Waals surface area (Å²) in [6.45, 7) is 5.05. The summed E-state index contributed by atoms with van der Waals surface area (Å²) in [5, 5.41) is 4.82. The Hall–Kier alpha value is -1.69. The second-order valence-electron chi connectivity index (χ2n) is 6.18. The molecule has 0 atom stereocenters. The molecule has 0 amide bonds. The van der Waals surface area contributed by atoms with Gasteiger partial charge in [-0.05, 0) is 47.6 Å². The van der Waals surface area contributed by atoms with E-state index in [9.17, 15) is 4.39 Å². The van der Waals surface area contributed by atoms with Crippen molar-refractivity contribution in [3.63, 3.8) is 0 Å². The highest BCUT2D eigenvalue weighted by Gasteiger charge is 2.18. The molecule has 1 aliphatic rings. The molecule has 0 unspecified atom stereocenters. The number of hydrogen-bond donors (Lipinski definition) is 1. The van der Waals surface area contributed by atoms with Gasteiger partial charge in [-0.3, -0.25) is 4.90 Å². The molecule has 1 N–H and O–H groups in total. The zero-order valence-corrected chi connectivity index (χ0v) is 15.5. The van der Waals surface area contributed by atoms with Gasteiger partial charge in [0, 0.05) is 44.3 Å². The molecule has 3 nitrogen and oxygen atoms in total. The molecule has 0 saturated carbocycles. The van der Waals surface area contributed by atoms with Crippen molar-refractivity contribution in [2.45, 2.75) is 13.1 Å². The first-order chi connectivity index (χ1) is 12.1. The van der Waals surface area contributed by atoms with Gasteiger partial charge in [0.25, 0.3) is 0 Å². The SMILES string of the molecule is Fc1cccc(CN2CCN(C(=S)NCc3ccc(Cl)cc3)CC2)c1. The number of nitrogens with one attached hydrogen (secondary N) is 1. The lowest BCUT2D eigenvalue weighted by atomic mass is 10.2. The minimum atomic E-state index is -0.177. The Morgan fingerprint density at radius 3 is 2.44 bits per heavy atom. The highest BCUT2D eigenvalue weighted by atomic mass is 35.5. The van der Waals surface area contributed by atoms with E-state index in [0.29, 0.717) is 6.54 Å². The summed E-state index contributed by atoms with van der Waals surface area (Å²) in [4.78, 5) is 4.51. The summed E-state index contributed by atoms with van der Waals surface area (Å²) in [7, 11) is 0. The van der Waals surface area contributed by atoms with Crippen LogP contribution in [0.5, 0.6) is 0 Å². The van der Waals surface area contributed by atoms with Crippen LogP contribution in [0.25, 0.3) is 0 Å². The van der Waals surface area contributed by atoms with E-state index in [2.05, 4.69) is 15.1 Å². The molecule has 0 radical (unpaired) electrons. The van der Waals surface area contributed by atoms with E-state index < -0.39 is 0 Å². The first-order valence-corrected chi connectivity index (χ1v) is 9.13. The van der Waals surface area contributed by atoms with Crippen LogP contribution in [0.15, 0.2) is 48.5 Å². The molecule has 1 aliphatic heterocycles. The summed E-state index contributed by atoms with van der Waals surface area (Å²) in [5.74, 6) is -0.177. The largest absolute Gasteiger partial charge is 0.358 e. The lowest BCUT2D eigenvalue weighted by Crippen LogP contribution is -2.51. The topological polar surface area (TPSA) is 18.5 Å². The molecule has 25 heavy (non-hydrogen) atoms. The molecule has 0 bridgehead atoms. The number of nitrogens with zero attached hydrogens (tertiary/aromatic N) is 2. The van der Waals surface area contributed by atoms with Crippen molar-refractivity contribution in [2.24, 2.45) is 0 Å². The zero-order valence-electron chi connectivity index (χ0n) is 13.9. The zero-order chi connectivity index (χ0) is 17.6. The van der Waals surface area contributed by atoms with E-state index in [-0.39, 0.29) is 5.82 Å². The van der Waals surface area contributed by atoms with Gasteiger partial charge in [0.15, 0.2) is 5.11 Å². The molecule has 132 valence electrons. The van der Waals surface area contributed by atoms with Gasteiger partial charge in [-0.25, -0.2) is 4.39 Å². The van der Waals surface area contributed by atoms with Gasteiger partial charge < -0.3 is 10.2 Å². The standard InChI is InChI=1S/C19H21ClFN3S/c20-17-6-4-15(5-7-17)13-22-19(25)24-10-8-23(9-11-24)14-16-2-1-3-18(21)12-16/h1-7,12H,8-11,13-14H2,(H,22,25). The van der Waals surface area contributed by atoms with Crippen LogP contribution in [-0.2, 0) is 13.1 Å². The average molecular weight is 378 g/mol. The third-order valence-corrected chi connectivity index (χ3v) is 4.97. The molecule has 1 fully saturated rings. The maximum Gasteiger partial charge on any atom is 0.169 e. The summed E-state index contributed by atoms with van der Waals surface area (Å²) >= 11 is 11.4. The smallest absolute Gasteiger partial charge is 0.169 e. The van der Waals surface area contributed by atoms with E-state index in [1.165, 1.54) is 6.07 Å². The molecular formula is C19H21ClFN3S. The number of thiocarbonyl (C=S) groups is 1. The second-order valence-corrected chi connectivity index (χ2v) is 7.00. The molecule has 0 aliphatic carbocycles. The van der Waals surface area contributed by atoms with Crippen LogP contribution < -0.4 is 5.32 Å². The van der Waals surface area contributed by atoms with E-state index >= 15 is 0 Å². The van der Waals surface area contributed by atoms with Gasteiger partial charge in [0.05, 0.1) is 0 Å². The Balaban J connectivity index is 1.43. The lowest BCUT2D eigenvalue weighted by Gasteiger charge is -2.36. The molecule has 1 saturated heterocycles. The monoisotopic (exact) mass is 377 g/mol. The number of hydrogen-bond acceptors (Lipinski definition) is 2. The van der Waals surface area contributed by atoms with Crippen LogP contribution >= 0.6 is 23.8 Å². The van der Waals surface area contributed by atoms with Gasteiger partial charge in [-0.1, -0.05) is 35.9 Å². The van der Waals surface area contributed by atoms with E-state index in [1.54, 1.807) is 12.1 Å². The average Bonchev–Trinajstić information content (AvgIpc) is 2.62. The highest BCUT2D eigenvalue weighted by Crippen LogP contribution is 2.11. The molecule has 2 aromatic rings. The molecule has 1 heterocycles. The first-order valence-electron chi connectivity index (χ1n) is 8.34. The number of benzene rings is 2. The lowest BCUT2D eigenvalue weighted by molar-refractivity contribution is 0.174. The maximum absolute atomic E-state index is 13.3. The quantitative estimate of drug-likeness (QED) is 0.819. The van der Waals surface area contributed by atoms with Crippen molar-refractivity contribution in [2.75, 3.05) is 26.2 Å². The predicted molar refractivity (Wildman–Crippen MR) is 104 cm³/mol. The fourth-order valence-electron chi connectivity index (χ4n) is 2.89. The van der Waals surface area contributed by atoms with E-state index in [4.69, 9.17) is 23.8 Å². The van der Waals surface area contributed by atoms with Crippen LogP contribution in [0.1, 0.15) is 11.1 Å². The maximum atomic E-state index is 13.3. The molecule has 3 rings (SSSR count). The van der Waals surface area contributed by atoms with Crippen LogP contribution in [0, 0.1) is 5.82 Å². The van der Waals surface area contributed by atoms with Gasteiger partial charge in [-0.15, -0.1) is 0 Å². The van der Waals surface area contributed by atoms with Gasteiger partial charge >= 0.3 is 0 Å². The third kappa shape index (κ3) is 5.39. The van der Waals surface area contributed by atoms with Crippen molar-refractivity contribution in [1.82, 2.24) is 15.1 Å². The predicted octanol–water partition coefficient (Wildman–Crippen LogP) is 3.67. The van der Waals surface area contributed by atoms with Crippen molar-refractivity contribution in [3.8, 4) is 0 Å². The summed E-state index contributed by atoms with van der Waals surface area (Å²) < 4.78 is 13.3. The van der Waals surface area contributed by atoms with E-state index in [0.717, 1.165) is 54.0 Å². The molecule has 2 aromatic carbocycles. The van der Waals surface area contributed by atoms with Crippen LogP contribution in [0.4, 0.5) is 4.39 Å². The van der Waals surface area contributed by atoms with Gasteiger partial charge in [-0.2, -0.15) is 0 Å². The van der Waals surface area contributed by atoms with E-state index in [1.807, 2.05) is 30.3 Å². The Labute approximate surface area is 158 Å². The first kappa shape index (κ1) is 18.1. The van der Waals surface area contributed by atoms with Crippen molar-refractivity contribution in [1.29, 1.82) is 0 Å². The Kier molecular flexibility index (Phi) is 6.24. The van der Waals surface area contributed by atoms with Crippen LogP contribution in [-0.4, -0.2) is 41.1 Å². The molecule has 6 heteroatoms. The number of halogens is 2. The van der Waals surface area contributed by atoms with Crippen LogP contribution in [0.3, 0.4) is 0 Å². The van der Waals surface area contributed by atoms with Gasteiger partial charge in [0.2, 0.25) is 0 Å². The Morgan fingerprint density at radius 1 is 1.04 bits per heavy atom. The molecule has 0 aromatic heterocycles. The fourth-order valence-corrected chi connectivity index (χ4v) is 3.28. The third-order valence-electron chi connectivity index (χ3n) is 4.31. The molecule has 0 spiro atoms. The minimum absolute atomic E-state index is 0.177. The highest BCUT2D eigenvalue weighted by molar-refractivity contribution is 7.80. The van der Waals surface area contributed by atoms with Crippen molar-refractivity contribution >= 4 is 28.9 Å². The van der Waals surface area contributed by atoms with Gasteiger partial charge in [0.1, 0.15) is 5.82 Å². The number of rotatable bonds is 4. The number of piperazine rings is 1.